The van der Waals surface area contributed by atoms with Gasteiger partial charge >= 0.3 is 5.97 Å². The summed E-state index contributed by atoms with van der Waals surface area (Å²) in [6.45, 7) is 1.89. The Morgan fingerprint density at radius 1 is 1.22 bits per heavy atom. The normalized spacial score (nSPS) is 12.3. The molecule has 0 bridgehead atoms. The molecule has 3 nitrogen and oxygen atoms in total. The largest absolute Gasteiger partial charge is 0.497 e. The molecule has 0 fully saturated rings. The summed E-state index contributed by atoms with van der Waals surface area (Å²) in [5.41, 5.74) is 0.850. The van der Waals surface area contributed by atoms with Crippen LogP contribution in [-0.4, -0.2) is 18.2 Å². The third-order valence-electron chi connectivity index (χ3n) is 3.18. The lowest BCUT2D eigenvalue weighted by molar-refractivity contribution is -0.138. The Morgan fingerprint density at radius 3 is 2.50 bits per heavy atom. The third kappa shape index (κ3) is 2.30. The van der Waals surface area contributed by atoms with E-state index in [1.54, 1.807) is 7.11 Å². The summed E-state index contributed by atoms with van der Waals surface area (Å²) in [7, 11) is 1.63. The van der Waals surface area contributed by atoms with Gasteiger partial charge in [-0.1, -0.05) is 31.2 Å². The van der Waals surface area contributed by atoms with Crippen molar-refractivity contribution in [2.75, 3.05) is 7.11 Å². The zero-order chi connectivity index (χ0) is 13.1. The minimum atomic E-state index is -0.773. The molecule has 18 heavy (non-hydrogen) atoms. The molecule has 94 valence electrons. The maximum Gasteiger partial charge on any atom is 0.310 e. The third-order valence-corrected chi connectivity index (χ3v) is 3.18. The molecule has 0 heterocycles. The van der Waals surface area contributed by atoms with E-state index in [0.29, 0.717) is 6.42 Å². The first-order valence-electron chi connectivity index (χ1n) is 5.96. The smallest absolute Gasteiger partial charge is 0.310 e. The fourth-order valence-corrected chi connectivity index (χ4v) is 2.14. The first-order valence-corrected chi connectivity index (χ1v) is 5.96. The minimum absolute atomic E-state index is 0.434. The van der Waals surface area contributed by atoms with E-state index in [-0.39, 0.29) is 0 Å². The molecule has 0 aliphatic rings. The Morgan fingerprint density at radius 2 is 1.89 bits per heavy atom. The van der Waals surface area contributed by atoms with E-state index < -0.39 is 11.9 Å². The number of methoxy groups -OCH3 is 1. The first-order chi connectivity index (χ1) is 8.65. The Bertz CT molecular complexity index is 575. The molecule has 0 aromatic heterocycles. The van der Waals surface area contributed by atoms with Gasteiger partial charge in [0.1, 0.15) is 5.75 Å². The van der Waals surface area contributed by atoms with Gasteiger partial charge in [0.2, 0.25) is 0 Å². The minimum Gasteiger partial charge on any atom is -0.497 e. The number of ether oxygens (including phenoxy) is 1. The molecular weight excluding hydrogens is 228 g/mol. The summed E-state index contributed by atoms with van der Waals surface area (Å²) in [4.78, 5) is 11.1. The van der Waals surface area contributed by atoms with Crippen LogP contribution in [0.15, 0.2) is 36.4 Å². The van der Waals surface area contributed by atoms with Gasteiger partial charge in [0.25, 0.3) is 0 Å². The van der Waals surface area contributed by atoms with Crippen LogP contribution < -0.4 is 4.74 Å². The van der Waals surface area contributed by atoms with Crippen LogP contribution in [-0.2, 0) is 4.79 Å². The lowest BCUT2D eigenvalue weighted by atomic mass is 9.94. The predicted octanol–water partition coefficient (Wildman–Crippen LogP) is 3.43. The second kappa shape index (κ2) is 5.08. The molecule has 0 radical (unpaired) electrons. The highest BCUT2D eigenvalue weighted by Gasteiger charge is 2.17. The zero-order valence-electron chi connectivity index (χ0n) is 10.5. The van der Waals surface area contributed by atoms with Crippen LogP contribution in [0.1, 0.15) is 24.8 Å². The van der Waals surface area contributed by atoms with E-state index in [1.807, 2.05) is 43.3 Å². The Balaban J connectivity index is 2.47. The van der Waals surface area contributed by atoms with E-state index >= 15 is 0 Å². The van der Waals surface area contributed by atoms with Crippen molar-refractivity contribution in [2.45, 2.75) is 19.3 Å². The number of carbonyl (C=O) groups is 1. The molecule has 0 saturated carbocycles. The molecule has 0 spiro atoms. The first kappa shape index (κ1) is 12.4. The van der Waals surface area contributed by atoms with Crippen molar-refractivity contribution in [3.63, 3.8) is 0 Å². The van der Waals surface area contributed by atoms with Crippen LogP contribution >= 0.6 is 0 Å². The fourth-order valence-electron chi connectivity index (χ4n) is 2.14. The van der Waals surface area contributed by atoms with Crippen molar-refractivity contribution in [1.29, 1.82) is 0 Å². The number of hydrogen-bond donors (Lipinski definition) is 1. The molecule has 0 aliphatic heterocycles. The van der Waals surface area contributed by atoms with Crippen molar-refractivity contribution >= 4 is 16.7 Å². The number of benzene rings is 2. The van der Waals surface area contributed by atoms with Crippen LogP contribution in [0.5, 0.6) is 5.75 Å². The number of aliphatic carboxylic acids is 1. The van der Waals surface area contributed by atoms with E-state index in [0.717, 1.165) is 22.1 Å². The average Bonchev–Trinajstić information content (AvgIpc) is 2.38. The van der Waals surface area contributed by atoms with Crippen molar-refractivity contribution in [3.05, 3.63) is 42.0 Å². The molecule has 1 N–H and O–H groups in total. The number of fused-ring (bicyclic) bond motifs is 1. The topological polar surface area (TPSA) is 46.5 Å². The van der Waals surface area contributed by atoms with E-state index in [1.165, 1.54) is 0 Å². The summed E-state index contributed by atoms with van der Waals surface area (Å²) in [5, 5.41) is 11.3. The standard InChI is InChI=1S/C15H16O3/c1-3-14(15(16)17)12-5-4-11-9-13(18-2)7-6-10(11)8-12/h4-9,14H,3H2,1-2H3,(H,16,17)/t14-/m1/s1. The Kier molecular flexibility index (Phi) is 3.51. The molecule has 1 atom stereocenters. The lowest BCUT2D eigenvalue weighted by Crippen LogP contribution is -2.10. The van der Waals surface area contributed by atoms with Crippen molar-refractivity contribution in [1.82, 2.24) is 0 Å². The predicted molar refractivity (Wildman–Crippen MR) is 71.2 cm³/mol. The van der Waals surface area contributed by atoms with Gasteiger partial charge < -0.3 is 9.84 Å². The van der Waals surface area contributed by atoms with Gasteiger partial charge in [0, 0.05) is 0 Å². The molecule has 2 rings (SSSR count). The highest BCUT2D eigenvalue weighted by atomic mass is 16.5. The molecular formula is C15H16O3. The second-order valence-corrected chi connectivity index (χ2v) is 4.27. The van der Waals surface area contributed by atoms with E-state index in [9.17, 15) is 4.79 Å². The molecule has 2 aromatic rings. The highest BCUT2D eigenvalue weighted by molar-refractivity contribution is 5.86. The van der Waals surface area contributed by atoms with Gasteiger partial charge in [-0.25, -0.2) is 0 Å². The quantitative estimate of drug-likeness (QED) is 0.896. The summed E-state index contributed by atoms with van der Waals surface area (Å²) in [6.07, 6.45) is 0.594. The molecule has 0 saturated heterocycles. The second-order valence-electron chi connectivity index (χ2n) is 4.27. The number of carboxylic acid groups (broad SMARTS) is 1. The number of carboxylic acids is 1. The van der Waals surface area contributed by atoms with Crippen molar-refractivity contribution in [3.8, 4) is 5.75 Å². The average molecular weight is 244 g/mol. The molecule has 3 heteroatoms. The Hall–Kier alpha value is -2.03. The molecule has 0 aliphatic carbocycles. The lowest BCUT2D eigenvalue weighted by Gasteiger charge is -2.11. The number of hydrogen-bond acceptors (Lipinski definition) is 2. The molecule has 0 unspecified atom stereocenters. The summed E-state index contributed by atoms with van der Waals surface area (Å²) in [5.74, 6) is -0.401. The summed E-state index contributed by atoms with van der Waals surface area (Å²) in [6, 6.07) is 11.5. The monoisotopic (exact) mass is 244 g/mol. The van der Waals surface area contributed by atoms with E-state index in [4.69, 9.17) is 9.84 Å². The van der Waals surface area contributed by atoms with Gasteiger partial charge in [-0.2, -0.15) is 0 Å². The maximum atomic E-state index is 11.1. The van der Waals surface area contributed by atoms with Crippen LogP contribution in [0.25, 0.3) is 10.8 Å². The fraction of sp³-hybridized carbons (Fsp3) is 0.267. The van der Waals surface area contributed by atoms with Crippen LogP contribution in [0.3, 0.4) is 0 Å². The maximum absolute atomic E-state index is 11.1. The number of rotatable bonds is 4. The van der Waals surface area contributed by atoms with Crippen molar-refractivity contribution in [2.24, 2.45) is 0 Å². The summed E-state index contributed by atoms with van der Waals surface area (Å²) >= 11 is 0. The van der Waals surface area contributed by atoms with Crippen molar-refractivity contribution < 1.29 is 14.6 Å². The Labute approximate surface area is 106 Å². The van der Waals surface area contributed by atoms with Gasteiger partial charge in [-0.3, -0.25) is 4.79 Å². The highest BCUT2D eigenvalue weighted by Crippen LogP contribution is 2.26. The van der Waals surface area contributed by atoms with Crippen LogP contribution in [0.4, 0.5) is 0 Å². The van der Waals surface area contributed by atoms with Gasteiger partial charge in [-0.15, -0.1) is 0 Å². The summed E-state index contributed by atoms with van der Waals surface area (Å²) < 4.78 is 5.17. The zero-order valence-corrected chi connectivity index (χ0v) is 10.5. The van der Waals surface area contributed by atoms with E-state index in [2.05, 4.69) is 0 Å². The van der Waals surface area contributed by atoms with Gasteiger partial charge in [-0.05, 0) is 34.9 Å². The van der Waals surface area contributed by atoms with Crippen LogP contribution in [0.2, 0.25) is 0 Å². The van der Waals surface area contributed by atoms with Gasteiger partial charge in [0.15, 0.2) is 0 Å². The van der Waals surface area contributed by atoms with Crippen LogP contribution in [0, 0.1) is 0 Å². The van der Waals surface area contributed by atoms with Gasteiger partial charge in [0.05, 0.1) is 13.0 Å². The SMILES string of the molecule is CC[C@@H](C(=O)O)c1ccc2cc(OC)ccc2c1. The molecule has 0 amide bonds. The molecule has 2 aromatic carbocycles.